The van der Waals surface area contributed by atoms with Gasteiger partial charge in [-0.1, -0.05) is 0 Å². The first-order chi connectivity index (χ1) is 5.94. The molecule has 4 heteroatoms. The number of rotatable bonds is 3. The van der Waals surface area contributed by atoms with Gasteiger partial charge in [-0.25, -0.2) is 0 Å². The molecule has 0 radical (unpaired) electrons. The van der Waals surface area contributed by atoms with E-state index >= 15 is 0 Å². The van der Waals surface area contributed by atoms with Gasteiger partial charge in [0.2, 0.25) is 0 Å². The highest BCUT2D eigenvalue weighted by molar-refractivity contribution is 5.80. The topological polar surface area (TPSA) is 41.6 Å². The van der Waals surface area contributed by atoms with Crippen LogP contribution in [0.5, 0.6) is 0 Å². The molecule has 0 aromatic rings. The van der Waals surface area contributed by atoms with Crippen molar-refractivity contribution in [3.8, 4) is 0 Å². The molecule has 1 heterocycles. The van der Waals surface area contributed by atoms with E-state index in [1.54, 1.807) is 25.9 Å². The maximum atomic E-state index is 11.4. The Kier molecular flexibility index (Phi) is 2.93. The van der Waals surface area contributed by atoms with Crippen molar-refractivity contribution in [3.63, 3.8) is 0 Å². The molecule has 1 atom stereocenters. The molecule has 0 saturated carbocycles. The standard InChI is InChI=1S/C9H18N2O2/c1-7(8(12)11(3)4)13-9(2)5-10-6-9/h7,10H,5-6H2,1-4H3. The first-order valence-electron chi connectivity index (χ1n) is 4.54. The summed E-state index contributed by atoms with van der Waals surface area (Å²) >= 11 is 0. The molecule has 1 N–H and O–H groups in total. The zero-order valence-electron chi connectivity index (χ0n) is 8.76. The van der Waals surface area contributed by atoms with Crippen molar-refractivity contribution in [1.82, 2.24) is 10.2 Å². The van der Waals surface area contributed by atoms with Crippen LogP contribution >= 0.6 is 0 Å². The van der Waals surface area contributed by atoms with Crippen LogP contribution < -0.4 is 5.32 Å². The van der Waals surface area contributed by atoms with Gasteiger partial charge in [-0.05, 0) is 13.8 Å². The van der Waals surface area contributed by atoms with Gasteiger partial charge in [-0.3, -0.25) is 4.79 Å². The minimum absolute atomic E-state index is 0.0214. The molecule has 1 aliphatic heterocycles. The maximum absolute atomic E-state index is 11.4. The van der Waals surface area contributed by atoms with E-state index in [1.807, 2.05) is 6.92 Å². The highest BCUT2D eigenvalue weighted by atomic mass is 16.5. The van der Waals surface area contributed by atoms with E-state index in [9.17, 15) is 4.79 Å². The number of nitrogens with zero attached hydrogens (tertiary/aromatic N) is 1. The van der Waals surface area contributed by atoms with Gasteiger partial charge in [0.1, 0.15) is 6.10 Å². The van der Waals surface area contributed by atoms with E-state index < -0.39 is 0 Å². The lowest BCUT2D eigenvalue weighted by Gasteiger charge is -2.41. The summed E-state index contributed by atoms with van der Waals surface area (Å²) < 4.78 is 5.64. The van der Waals surface area contributed by atoms with E-state index in [2.05, 4.69) is 5.32 Å². The fraction of sp³-hybridized carbons (Fsp3) is 0.889. The van der Waals surface area contributed by atoms with Gasteiger partial charge in [-0.2, -0.15) is 0 Å². The van der Waals surface area contributed by atoms with E-state index in [-0.39, 0.29) is 17.6 Å². The molecule has 0 bridgehead atoms. The molecule has 1 unspecified atom stereocenters. The SMILES string of the molecule is CC(OC1(C)CNC1)C(=O)N(C)C. The van der Waals surface area contributed by atoms with Crippen LogP contribution in [-0.2, 0) is 9.53 Å². The Morgan fingerprint density at radius 3 is 2.38 bits per heavy atom. The van der Waals surface area contributed by atoms with Crippen LogP contribution in [0.1, 0.15) is 13.8 Å². The summed E-state index contributed by atoms with van der Waals surface area (Å²) in [6.45, 7) is 5.48. The largest absolute Gasteiger partial charge is 0.360 e. The molecular weight excluding hydrogens is 168 g/mol. The van der Waals surface area contributed by atoms with Gasteiger partial charge < -0.3 is 15.0 Å². The summed E-state index contributed by atoms with van der Waals surface area (Å²) in [4.78, 5) is 13.0. The van der Waals surface area contributed by atoms with Crippen LogP contribution in [0.15, 0.2) is 0 Å². The highest BCUT2D eigenvalue weighted by Gasteiger charge is 2.36. The Morgan fingerprint density at radius 1 is 1.54 bits per heavy atom. The maximum Gasteiger partial charge on any atom is 0.250 e. The fourth-order valence-electron chi connectivity index (χ4n) is 1.40. The Labute approximate surface area is 79.2 Å². The zero-order valence-corrected chi connectivity index (χ0v) is 8.76. The van der Waals surface area contributed by atoms with Gasteiger partial charge in [0.15, 0.2) is 0 Å². The lowest BCUT2D eigenvalue weighted by Crippen LogP contribution is -2.61. The van der Waals surface area contributed by atoms with Crippen LogP contribution in [0, 0.1) is 0 Å². The smallest absolute Gasteiger partial charge is 0.250 e. The lowest BCUT2D eigenvalue weighted by molar-refractivity contribution is -0.157. The van der Waals surface area contributed by atoms with Gasteiger partial charge in [0.25, 0.3) is 5.91 Å². The number of hydrogen-bond donors (Lipinski definition) is 1. The van der Waals surface area contributed by atoms with Gasteiger partial charge >= 0.3 is 0 Å². The van der Waals surface area contributed by atoms with Crippen LogP contribution in [-0.4, -0.2) is 49.7 Å². The molecular formula is C9H18N2O2. The predicted molar refractivity (Wildman–Crippen MR) is 50.5 cm³/mol. The number of amides is 1. The van der Waals surface area contributed by atoms with Crippen LogP contribution in [0.25, 0.3) is 0 Å². The lowest BCUT2D eigenvalue weighted by atomic mass is 10.00. The third-order valence-corrected chi connectivity index (χ3v) is 2.25. The second kappa shape index (κ2) is 3.64. The fourth-order valence-corrected chi connectivity index (χ4v) is 1.40. The van der Waals surface area contributed by atoms with E-state index in [4.69, 9.17) is 4.74 Å². The van der Waals surface area contributed by atoms with Crippen molar-refractivity contribution < 1.29 is 9.53 Å². The van der Waals surface area contributed by atoms with Gasteiger partial charge in [0, 0.05) is 27.2 Å². The molecule has 0 aromatic heterocycles. The summed E-state index contributed by atoms with van der Waals surface area (Å²) in [7, 11) is 3.48. The number of carbonyl (C=O) groups excluding carboxylic acids is 1. The Hall–Kier alpha value is -0.610. The molecule has 1 fully saturated rings. The minimum Gasteiger partial charge on any atom is -0.360 e. The number of hydrogen-bond acceptors (Lipinski definition) is 3. The Balaban J connectivity index is 2.40. The second-order valence-electron chi connectivity index (χ2n) is 4.05. The molecule has 1 aliphatic rings. The third kappa shape index (κ3) is 2.42. The average Bonchev–Trinajstić information content (AvgIpc) is 1.99. The first kappa shape index (κ1) is 10.5. The Morgan fingerprint density at radius 2 is 2.08 bits per heavy atom. The number of ether oxygens (including phenoxy) is 1. The molecule has 0 spiro atoms. The molecule has 1 saturated heterocycles. The zero-order chi connectivity index (χ0) is 10.1. The van der Waals surface area contributed by atoms with Crippen molar-refractivity contribution in [3.05, 3.63) is 0 Å². The summed E-state index contributed by atoms with van der Waals surface area (Å²) in [6, 6.07) is 0. The monoisotopic (exact) mass is 186 g/mol. The number of nitrogens with one attached hydrogen (secondary N) is 1. The highest BCUT2D eigenvalue weighted by Crippen LogP contribution is 2.18. The molecule has 1 amide bonds. The Bertz CT molecular complexity index is 200. The summed E-state index contributed by atoms with van der Waals surface area (Å²) in [5, 5.41) is 3.13. The van der Waals surface area contributed by atoms with E-state index in [0.29, 0.717) is 0 Å². The molecule has 1 rings (SSSR count). The van der Waals surface area contributed by atoms with Crippen molar-refractivity contribution in [1.29, 1.82) is 0 Å². The van der Waals surface area contributed by atoms with Crippen LogP contribution in [0.4, 0.5) is 0 Å². The normalized spacial score (nSPS) is 21.8. The van der Waals surface area contributed by atoms with Crippen LogP contribution in [0.3, 0.4) is 0 Å². The first-order valence-corrected chi connectivity index (χ1v) is 4.54. The second-order valence-corrected chi connectivity index (χ2v) is 4.05. The van der Waals surface area contributed by atoms with Crippen molar-refractivity contribution in [2.24, 2.45) is 0 Å². The number of carbonyl (C=O) groups is 1. The molecule has 76 valence electrons. The molecule has 0 aromatic carbocycles. The predicted octanol–water partition coefficient (Wildman–Crippen LogP) is -0.158. The van der Waals surface area contributed by atoms with Crippen molar-refractivity contribution >= 4 is 5.91 Å². The molecule has 4 nitrogen and oxygen atoms in total. The average molecular weight is 186 g/mol. The van der Waals surface area contributed by atoms with E-state index in [1.165, 1.54) is 0 Å². The summed E-state index contributed by atoms with van der Waals surface area (Å²) in [6.07, 6.45) is -0.345. The van der Waals surface area contributed by atoms with E-state index in [0.717, 1.165) is 13.1 Å². The van der Waals surface area contributed by atoms with Crippen LogP contribution in [0.2, 0.25) is 0 Å². The summed E-state index contributed by atoms with van der Waals surface area (Å²) in [5.41, 5.74) is -0.148. The van der Waals surface area contributed by atoms with Crippen molar-refractivity contribution in [2.45, 2.75) is 25.6 Å². The van der Waals surface area contributed by atoms with Gasteiger partial charge in [0.05, 0.1) is 5.60 Å². The molecule has 0 aliphatic carbocycles. The van der Waals surface area contributed by atoms with Crippen molar-refractivity contribution in [2.75, 3.05) is 27.2 Å². The third-order valence-electron chi connectivity index (χ3n) is 2.25. The minimum atomic E-state index is -0.345. The summed E-state index contributed by atoms with van der Waals surface area (Å²) in [5.74, 6) is 0.0214. The number of likely N-dealkylation sites (N-methyl/N-ethyl adjacent to an activating group) is 1. The van der Waals surface area contributed by atoms with Gasteiger partial charge in [-0.15, -0.1) is 0 Å². The quantitative estimate of drug-likeness (QED) is 0.666. The molecule has 13 heavy (non-hydrogen) atoms.